The molecule has 1 amide bonds. The molecule has 0 radical (unpaired) electrons. The maximum absolute atomic E-state index is 12.4. The van der Waals surface area contributed by atoms with Crippen LogP contribution in [0, 0.1) is 0 Å². The summed E-state index contributed by atoms with van der Waals surface area (Å²) in [5.41, 5.74) is 0. The zero-order valence-corrected chi connectivity index (χ0v) is 19.9. The highest BCUT2D eigenvalue weighted by atomic mass is 127. The molecule has 2 aliphatic rings. The SMILES string of the molecule is CN=C(NCC(C)c1cccs1)N1CCN(CC(=O)N2CCOCC2)CC1.I. The Morgan fingerprint density at radius 2 is 1.93 bits per heavy atom. The van der Waals surface area contributed by atoms with E-state index in [9.17, 15) is 4.79 Å². The largest absolute Gasteiger partial charge is 0.378 e. The Morgan fingerprint density at radius 3 is 2.54 bits per heavy atom. The van der Waals surface area contributed by atoms with Crippen LogP contribution in [-0.2, 0) is 9.53 Å². The molecule has 158 valence electrons. The third-order valence-corrected chi connectivity index (χ3v) is 6.31. The molecule has 2 saturated heterocycles. The van der Waals surface area contributed by atoms with Crippen LogP contribution < -0.4 is 5.32 Å². The maximum atomic E-state index is 12.4. The summed E-state index contributed by atoms with van der Waals surface area (Å²) in [7, 11) is 1.84. The van der Waals surface area contributed by atoms with Gasteiger partial charge in [0.1, 0.15) is 0 Å². The zero-order chi connectivity index (χ0) is 19.1. The van der Waals surface area contributed by atoms with Crippen LogP contribution in [0.3, 0.4) is 0 Å². The first-order valence-electron chi connectivity index (χ1n) is 9.74. The number of hydrogen-bond donors (Lipinski definition) is 1. The molecule has 9 heteroatoms. The van der Waals surface area contributed by atoms with Gasteiger partial charge in [0.15, 0.2) is 5.96 Å². The normalized spacial score (nSPS) is 19.9. The first-order valence-corrected chi connectivity index (χ1v) is 10.6. The number of thiophene rings is 1. The van der Waals surface area contributed by atoms with Gasteiger partial charge in [0.05, 0.1) is 19.8 Å². The first-order chi connectivity index (χ1) is 13.2. The van der Waals surface area contributed by atoms with E-state index in [-0.39, 0.29) is 29.9 Å². The van der Waals surface area contributed by atoms with E-state index in [1.807, 2.05) is 11.9 Å². The van der Waals surface area contributed by atoms with E-state index in [1.54, 1.807) is 11.3 Å². The van der Waals surface area contributed by atoms with Crippen LogP contribution >= 0.6 is 35.3 Å². The Labute approximate surface area is 189 Å². The molecular weight excluding hydrogens is 489 g/mol. The summed E-state index contributed by atoms with van der Waals surface area (Å²) in [5.74, 6) is 1.64. The van der Waals surface area contributed by atoms with Crippen LogP contribution in [0.1, 0.15) is 17.7 Å². The number of carbonyl (C=O) groups is 1. The van der Waals surface area contributed by atoms with Crippen molar-refractivity contribution in [2.45, 2.75) is 12.8 Å². The number of amides is 1. The lowest BCUT2D eigenvalue weighted by molar-refractivity contribution is -0.136. The van der Waals surface area contributed by atoms with Gasteiger partial charge in [-0.15, -0.1) is 35.3 Å². The summed E-state index contributed by atoms with van der Waals surface area (Å²) in [6.45, 7) is 9.94. The van der Waals surface area contributed by atoms with Crippen molar-refractivity contribution in [2.75, 3.05) is 72.6 Å². The second kappa shape index (κ2) is 11.9. The molecular formula is C19H32IN5O2S. The molecule has 7 nitrogen and oxygen atoms in total. The number of ether oxygens (including phenoxy) is 1. The maximum Gasteiger partial charge on any atom is 0.236 e. The third kappa shape index (κ3) is 6.57. The molecule has 1 unspecified atom stereocenters. The van der Waals surface area contributed by atoms with Gasteiger partial charge in [-0.05, 0) is 11.4 Å². The van der Waals surface area contributed by atoms with Gasteiger partial charge in [-0.1, -0.05) is 13.0 Å². The number of hydrogen-bond acceptors (Lipinski definition) is 5. The average molecular weight is 521 g/mol. The molecule has 2 fully saturated rings. The van der Waals surface area contributed by atoms with Gasteiger partial charge in [0.25, 0.3) is 0 Å². The summed E-state index contributed by atoms with van der Waals surface area (Å²) in [5, 5.41) is 5.63. The van der Waals surface area contributed by atoms with Crippen molar-refractivity contribution >= 4 is 47.2 Å². The number of halogens is 1. The number of carbonyl (C=O) groups excluding carboxylic acids is 1. The van der Waals surface area contributed by atoms with Crippen LogP contribution in [0.2, 0.25) is 0 Å². The lowest BCUT2D eigenvalue weighted by atomic mass is 10.1. The molecule has 0 saturated carbocycles. The number of rotatable bonds is 5. The smallest absolute Gasteiger partial charge is 0.236 e. The van der Waals surface area contributed by atoms with Crippen LogP contribution in [-0.4, -0.2) is 99.2 Å². The van der Waals surface area contributed by atoms with Crippen molar-refractivity contribution in [1.82, 2.24) is 20.0 Å². The van der Waals surface area contributed by atoms with E-state index in [0.29, 0.717) is 25.7 Å². The Bertz CT molecular complexity index is 614. The molecule has 1 aromatic heterocycles. The quantitative estimate of drug-likeness (QED) is 0.362. The number of piperazine rings is 1. The number of morpholine rings is 1. The molecule has 1 N–H and O–H groups in total. The van der Waals surface area contributed by atoms with E-state index in [1.165, 1.54) is 4.88 Å². The summed E-state index contributed by atoms with van der Waals surface area (Å²) < 4.78 is 5.32. The lowest BCUT2D eigenvalue weighted by Crippen LogP contribution is -2.55. The van der Waals surface area contributed by atoms with Gasteiger partial charge in [-0.25, -0.2) is 0 Å². The standard InChI is InChI=1S/C19H31N5O2S.HI/c1-16(17-4-3-13-27-17)14-21-19(20-2)24-7-5-22(6-8-24)15-18(25)23-9-11-26-12-10-23;/h3-4,13,16H,5-12,14-15H2,1-2H3,(H,20,21);1H. The minimum absolute atomic E-state index is 0. The molecule has 2 aliphatic heterocycles. The minimum atomic E-state index is 0. The van der Waals surface area contributed by atoms with Gasteiger partial charge in [0, 0.05) is 63.7 Å². The number of guanidine groups is 1. The second-order valence-electron chi connectivity index (χ2n) is 7.10. The second-order valence-corrected chi connectivity index (χ2v) is 8.08. The van der Waals surface area contributed by atoms with Crippen molar-refractivity contribution in [2.24, 2.45) is 4.99 Å². The van der Waals surface area contributed by atoms with E-state index in [2.05, 4.69) is 44.5 Å². The van der Waals surface area contributed by atoms with Gasteiger partial charge < -0.3 is 19.9 Å². The number of nitrogens with zero attached hydrogens (tertiary/aromatic N) is 4. The summed E-state index contributed by atoms with van der Waals surface area (Å²) in [6, 6.07) is 4.28. The van der Waals surface area contributed by atoms with E-state index >= 15 is 0 Å². The highest BCUT2D eigenvalue weighted by Gasteiger charge is 2.24. The van der Waals surface area contributed by atoms with Crippen LogP contribution in [0.4, 0.5) is 0 Å². The van der Waals surface area contributed by atoms with E-state index in [4.69, 9.17) is 4.74 Å². The van der Waals surface area contributed by atoms with Crippen LogP contribution in [0.5, 0.6) is 0 Å². The molecule has 28 heavy (non-hydrogen) atoms. The molecule has 0 aromatic carbocycles. The van der Waals surface area contributed by atoms with Gasteiger partial charge in [-0.2, -0.15) is 0 Å². The van der Waals surface area contributed by atoms with Gasteiger partial charge in [-0.3, -0.25) is 14.7 Å². The molecule has 3 rings (SSSR count). The molecule has 1 aromatic rings. The zero-order valence-electron chi connectivity index (χ0n) is 16.8. The predicted octanol–water partition coefficient (Wildman–Crippen LogP) is 1.52. The van der Waals surface area contributed by atoms with Crippen LogP contribution in [0.15, 0.2) is 22.5 Å². The Morgan fingerprint density at radius 1 is 1.21 bits per heavy atom. The van der Waals surface area contributed by atoms with E-state index < -0.39 is 0 Å². The van der Waals surface area contributed by atoms with Crippen molar-refractivity contribution in [3.63, 3.8) is 0 Å². The summed E-state index contributed by atoms with van der Waals surface area (Å²) in [6.07, 6.45) is 0. The van der Waals surface area contributed by atoms with Crippen molar-refractivity contribution in [3.8, 4) is 0 Å². The molecule has 0 spiro atoms. The molecule has 3 heterocycles. The monoisotopic (exact) mass is 521 g/mol. The fraction of sp³-hybridized carbons (Fsp3) is 0.684. The minimum Gasteiger partial charge on any atom is -0.378 e. The van der Waals surface area contributed by atoms with Gasteiger partial charge >= 0.3 is 0 Å². The molecule has 0 bridgehead atoms. The van der Waals surface area contributed by atoms with Crippen molar-refractivity contribution < 1.29 is 9.53 Å². The Hall–Kier alpha value is -0.910. The van der Waals surface area contributed by atoms with Crippen molar-refractivity contribution in [1.29, 1.82) is 0 Å². The first kappa shape index (κ1) is 23.4. The van der Waals surface area contributed by atoms with E-state index in [0.717, 1.165) is 51.8 Å². The average Bonchev–Trinajstić information content (AvgIpc) is 3.25. The predicted molar refractivity (Wildman–Crippen MR) is 125 cm³/mol. The summed E-state index contributed by atoms with van der Waals surface area (Å²) in [4.78, 5) is 24.7. The third-order valence-electron chi connectivity index (χ3n) is 5.20. The highest BCUT2D eigenvalue weighted by molar-refractivity contribution is 14.0. The molecule has 1 atom stereocenters. The van der Waals surface area contributed by atoms with Crippen molar-refractivity contribution in [3.05, 3.63) is 22.4 Å². The molecule has 0 aliphatic carbocycles. The highest BCUT2D eigenvalue weighted by Crippen LogP contribution is 2.19. The number of aliphatic imine (C=N–C) groups is 1. The topological polar surface area (TPSA) is 60.4 Å². The van der Waals surface area contributed by atoms with Crippen LogP contribution in [0.25, 0.3) is 0 Å². The Kier molecular flexibility index (Phi) is 9.96. The fourth-order valence-corrected chi connectivity index (χ4v) is 4.26. The lowest BCUT2D eigenvalue weighted by Gasteiger charge is -2.37. The summed E-state index contributed by atoms with van der Waals surface area (Å²) >= 11 is 1.80. The fourth-order valence-electron chi connectivity index (χ4n) is 3.47. The number of nitrogens with one attached hydrogen (secondary N) is 1. The Balaban J connectivity index is 0.00000280. The van der Waals surface area contributed by atoms with Gasteiger partial charge in [0.2, 0.25) is 5.91 Å².